The fourth-order valence-electron chi connectivity index (χ4n) is 4.90. The van der Waals surface area contributed by atoms with Gasteiger partial charge in [-0.3, -0.25) is 9.97 Å². The van der Waals surface area contributed by atoms with E-state index in [2.05, 4.69) is 53.4 Å². The quantitative estimate of drug-likeness (QED) is 0.140. The molecule has 0 bridgehead atoms. The van der Waals surface area contributed by atoms with Crippen LogP contribution in [0.5, 0.6) is 5.75 Å². The monoisotopic (exact) mass is 681 g/mol. The number of fused-ring (bicyclic) bond motifs is 2. The highest BCUT2D eigenvalue weighted by molar-refractivity contribution is 6.31. The molecule has 0 saturated heterocycles. The van der Waals surface area contributed by atoms with Crippen LogP contribution >= 0.6 is 36.4 Å². The van der Waals surface area contributed by atoms with E-state index in [4.69, 9.17) is 22.1 Å². The topological polar surface area (TPSA) is 117 Å². The molecule has 0 amide bonds. The van der Waals surface area contributed by atoms with Gasteiger partial charge in [-0.05, 0) is 88.1 Å². The maximum atomic E-state index is 10.3. The number of nitrogens with two attached hydrogens (primary N) is 1. The zero-order valence-corrected chi connectivity index (χ0v) is 28.9. The van der Waals surface area contributed by atoms with Crippen molar-refractivity contribution in [1.82, 2.24) is 15.3 Å². The first-order valence-corrected chi connectivity index (χ1v) is 15.0. The summed E-state index contributed by atoms with van der Waals surface area (Å²) in [5.41, 5.74) is 10.2. The van der Waals surface area contributed by atoms with E-state index >= 15 is 0 Å². The van der Waals surface area contributed by atoms with E-state index in [9.17, 15) is 10.4 Å². The summed E-state index contributed by atoms with van der Waals surface area (Å²) in [7, 11) is 0. The molecular formula is C36H42Cl3N5O2. The molecule has 0 aliphatic rings. The third-order valence-corrected chi connectivity index (χ3v) is 7.25. The van der Waals surface area contributed by atoms with Gasteiger partial charge in [0.25, 0.3) is 0 Å². The Bertz CT molecular complexity index is 1750. The number of aromatic nitrogens is 2. The molecule has 2 aromatic heterocycles. The maximum absolute atomic E-state index is 10.3. The highest BCUT2D eigenvalue weighted by Crippen LogP contribution is 2.25. The molecule has 0 fully saturated rings. The van der Waals surface area contributed by atoms with Gasteiger partial charge in [-0.15, -0.1) is 24.8 Å². The molecule has 5 rings (SSSR count). The number of hydrogen-bond donors (Lipinski definition) is 3. The molecule has 1 atom stereocenters. The summed E-state index contributed by atoms with van der Waals surface area (Å²) in [6.45, 7) is 8.65. The Morgan fingerprint density at radius 1 is 0.870 bits per heavy atom. The summed E-state index contributed by atoms with van der Waals surface area (Å²) in [5, 5.41) is 25.5. The van der Waals surface area contributed by atoms with Crippen LogP contribution in [0.4, 0.5) is 0 Å². The average molecular weight is 683 g/mol. The lowest BCUT2D eigenvalue weighted by Gasteiger charge is -2.28. The van der Waals surface area contributed by atoms with Gasteiger partial charge in [0.15, 0.2) is 0 Å². The first kappa shape index (κ1) is 38.7. The molecule has 2 heterocycles. The smallest absolute Gasteiger partial charge is 0.138 e. The van der Waals surface area contributed by atoms with Crippen molar-refractivity contribution in [2.75, 3.05) is 13.2 Å². The first-order valence-electron chi connectivity index (χ1n) is 14.6. The summed E-state index contributed by atoms with van der Waals surface area (Å²) in [5.74, 6) is 0.376. The second-order valence-electron chi connectivity index (χ2n) is 12.4. The summed E-state index contributed by atoms with van der Waals surface area (Å²) >= 11 is 6.00. The third kappa shape index (κ3) is 11.7. The summed E-state index contributed by atoms with van der Waals surface area (Å²) < 4.78 is 5.60. The Morgan fingerprint density at radius 2 is 1.41 bits per heavy atom. The zero-order valence-electron chi connectivity index (χ0n) is 26.5. The minimum absolute atomic E-state index is 0. The van der Waals surface area contributed by atoms with E-state index < -0.39 is 6.10 Å². The molecule has 10 heteroatoms. The molecular weight excluding hydrogens is 641 g/mol. The Hall–Kier alpha value is -3.48. The molecule has 244 valence electrons. The number of nitrogens with zero attached hydrogens (tertiary/aromatic N) is 3. The molecule has 3 aromatic carbocycles. The van der Waals surface area contributed by atoms with Crippen molar-refractivity contribution in [3.05, 3.63) is 113 Å². The molecule has 0 radical (unpaired) electrons. The van der Waals surface area contributed by atoms with Crippen molar-refractivity contribution < 1.29 is 9.84 Å². The van der Waals surface area contributed by atoms with Gasteiger partial charge in [0.1, 0.15) is 30.1 Å². The summed E-state index contributed by atoms with van der Waals surface area (Å²) in [6, 6.07) is 27.5. The fourth-order valence-corrected chi connectivity index (χ4v) is 5.11. The van der Waals surface area contributed by atoms with Crippen LogP contribution in [0.1, 0.15) is 44.4 Å². The molecule has 7 nitrogen and oxygen atoms in total. The van der Waals surface area contributed by atoms with Gasteiger partial charge in [0, 0.05) is 40.8 Å². The van der Waals surface area contributed by atoms with Crippen LogP contribution in [0, 0.1) is 11.3 Å². The number of nitriles is 1. The van der Waals surface area contributed by atoms with E-state index in [1.165, 1.54) is 10.9 Å². The number of aliphatic hydroxyl groups excluding tert-OH is 1. The molecule has 1 unspecified atom stereocenters. The molecule has 4 N–H and O–H groups in total. The number of β-amino-alcohol motifs (C(OH)–C–C–N with tert-alkyl or cyclic N) is 1. The van der Waals surface area contributed by atoms with Crippen molar-refractivity contribution in [1.29, 1.82) is 5.26 Å². The van der Waals surface area contributed by atoms with E-state index in [1.807, 2.05) is 68.7 Å². The predicted octanol–water partition coefficient (Wildman–Crippen LogP) is 7.47. The van der Waals surface area contributed by atoms with Crippen LogP contribution in [0.2, 0.25) is 5.02 Å². The highest BCUT2D eigenvalue weighted by Gasteiger charge is 2.20. The number of ether oxygens (including phenoxy) is 1. The number of pyridine rings is 2. The lowest BCUT2D eigenvalue weighted by Crippen LogP contribution is -2.46. The largest absolute Gasteiger partial charge is 0.489 e. The Labute approximate surface area is 289 Å². The Balaban J connectivity index is 0.000000367. The number of para-hydroxylation sites is 2. The van der Waals surface area contributed by atoms with Crippen LogP contribution in [0.25, 0.3) is 21.8 Å². The lowest BCUT2D eigenvalue weighted by atomic mass is 9.95. The maximum Gasteiger partial charge on any atom is 0.138 e. The molecule has 5 aromatic rings. The van der Waals surface area contributed by atoms with Gasteiger partial charge in [-0.25, -0.2) is 0 Å². The van der Waals surface area contributed by atoms with E-state index in [1.54, 1.807) is 18.2 Å². The van der Waals surface area contributed by atoms with Crippen LogP contribution in [0.15, 0.2) is 91.3 Å². The molecule has 0 aliphatic heterocycles. The van der Waals surface area contributed by atoms with Crippen molar-refractivity contribution >= 4 is 58.2 Å². The minimum atomic E-state index is -0.727. The second kappa shape index (κ2) is 17.4. The Morgan fingerprint density at radius 3 is 1.96 bits per heavy atom. The highest BCUT2D eigenvalue weighted by atomic mass is 35.5. The number of benzene rings is 3. The van der Waals surface area contributed by atoms with Gasteiger partial charge in [-0.2, -0.15) is 5.26 Å². The van der Waals surface area contributed by atoms with E-state index in [0.717, 1.165) is 34.8 Å². The number of nitrogens with one attached hydrogen (secondary N) is 1. The van der Waals surface area contributed by atoms with Crippen molar-refractivity contribution in [3.8, 4) is 11.8 Å². The number of rotatable bonds is 10. The molecule has 0 saturated carbocycles. The lowest BCUT2D eigenvalue weighted by molar-refractivity contribution is 0.0987. The van der Waals surface area contributed by atoms with Gasteiger partial charge >= 0.3 is 0 Å². The second-order valence-corrected chi connectivity index (χ2v) is 12.8. The molecule has 46 heavy (non-hydrogen) atoms. The summed E-state index contributed by atoms with van der Waals surface area (Å²) in [6.07, 6.45) is 4.70. The van der Waals surface area contributed by atoms with Crippen LogP contribution < -0.4 is 15.8 Å². The summed E-state index contributed by atoms with van der Waals surface area (Å²) in [4.78, 5) is 8.92. The van der Waals surface area contributed by atoms with Gasteiger partial charge in [-0.1, -0.05) is 54.1 Å². The average Bonchev–Trinajstić information content (AvgIpc) is 2.98. The van der Waals surface area contributed by atoms with Crippen LogP contribution in [-0.2, 0) is 12.8 Å². The zero-order chi connectivity index (χ0) is 31.7. The van der Waals surface area contributed by atoms with Crippen molar-refractivity contribution in [2.45, 2.75) is 57.7 Å². The fraction of sp³-hybridized carbons (Fsp3) is 0.306. The van der Waals surface area contributed by atoms with Gasteiger partial charge in [0.2, 0.25) is 0 Å². The minimum Gasteiger partial charge on any atom is -0.489 e. The van der Waals surface area contributed by atoms with E-state index in [0.29, 0.717) is 17.3 Å². The molecule has 0 spiro atoms. The first-order chi connectivity index (χ1) is 20.9. The van der Waals surface area contributed by atoms with Crippen LogP contribution in [-0.4, -0.2) is 45.4 Å². The van der Waals surface area contributed by atoms with Crippen molar-refractivity contribution in [2.24, 2.45) is 5.73 Å². The third-order valence-electron chi connectivity index (χ3n) is 6.93. The standard InChI is InChI=1S/C23H24ClN3O2.C13H16N2.2ClH/c1-23(2,11-16-10-17-6-3-4-8-21(17)26-13-16)27-14-18(28)15-29-22-9-5-7-20(24)19(22)12-25;1-13(2,14)8-10-7-11-5-3-4-6-12(11)15-9-10;;/h3-10,13,18,27-28H,11,14-15H2,1-2H3;3-7,9H,8,14H2,1-2H3;2*1H. The number of halogens is 3. The van der Waals surface area contributed by atoms with E-state index in [-0.39, 0.29) is 48.1 Å². The van der Waals surface area contributed by atoms with Crippen molar-refractivity contribution in [3.63, 3.8) is 0 Å². The Kier molecular flexibility index (Phi) is 14.7. The number of aliphatic hydroxyl groups is 1. The number of hydrogen-bond acceptors (Lipinski definition) is 7. The van der Waals surface area contributed by atoms with Gasteiger partial charge < -0.3 is 20.9 Å². The normalized spacial score (nSPS) is 11.8. The van der Waals surface area contributed by atoms with Crippen LogP contribution in [0.3, 0.4) is 0 Å². The SMILES string of the molecule is CC(C)(Cc1cnc2ccccc2c1)NCC(O)COc1cccc(Cl)c1C#N.CC(C)(N)Cc1cnc2ccccc2c1.Cl.Cl. The van der Waals surface area contributed by atoms with Gasteiger partial charge in [0.05, 0.1) is 16.1 Å². The molecule has 0 aliphatic carbocycles. The predicted molar refractivity (Wildman–Crippen MR) is 193 cm³/mol.